The zero-order valence-corrected chi connectivity index (χ0v) is 11.4. The summed E-state index contributed by atoms with van der Waals surface area (Å²) in [4.78, 5) is 40.4. The van der Waals surface area contributed by atoms with Gasteiger partial charge in [0.25, 0.3) is 0 Å². The smallest absolute Gasteiger partial charge is 0.327 e. The molecule has 0 fully saturated rings. The standard InChI is InChI=1S/C4H4Cl2O2.C3H6N4O2S/c1-2(3(5)7)4(6)8;4-1(8)2(9)6-7-3(5)10/h2H,1H3;(H2,4,8)(H,6,9)(H3,5,7,10). The lowest BCUT2D eigenvalue weighted by Crippen LogP contribution is -2.48. The van der Waals surface area contributed by atoms with Crippen LogP contribution in [-0.4, -0.2) is 27.4 Å². The molecule has 0 bridgehead atoms. The third-order valence-electron chi connectivity index (χ3n) is 1.20. The molecule has 0 rings (SSSR count). The Hall–Kier alpha value is -1.45. The average molecular weight is 317 g/mol. The van der Waals surface area contributed by atoms with E-state index in [1.807, 2.05) is 10.9 Å². The summed E-state index contributed by atoms with van der Waals surface area (Å²) in [5, 5.41) is -1.58. The number of primary amides is 1. The van der Waals surface area contributed by atoms with Crippen molar-refractivity contribution in [3.05, 3.63) is 0 Å². The molecule has 0 radical (unpaired) electrons. The van der Waals surface area contributed by atoms with Crippen LogP contribution in [0.3, 0.4) is 0 Å². The van der Waals surface area contributed by atoms with Crippen LogP contribution in [0.2, 0.25) is 0 Å². The molecular weight excluding hydrogens is 307 g/mol. The van der Waals surface area contributed by atoms with Crippen LogP contribution < -0.4 is 22.3 Å². The largest absolute Gasteiger partial charge is 0.375 e. The number of nitrogens with two attached hydrogens (primary N) is 2. The summed E-state index contributed by atoms with van der Waals surface area (Å²) < 4.78 is 0. The maximum absolute atomic E-state index is 10.3. The molecule has 0 unspecified atom stereocenters. The van der Waals surface area contributed by atoms with Crippen LogP contribution in [0.4, 0.5) is 0 Å². The first-order chi connectivity index (χ1) is 8.09. The minimum Gasteiger partial charge on any atom is -0.375 e. The van der Waals surface area contributed by atoms with Gasteiger partial charge >= 0.3 is 11.8 Å². The summed E-state index contributed by atoms with van der Waals surface area (Å²) in [5.41, 5.74) is 13.3. The summed E-state index contributed by atoms with van der Waals surface area (Å²) in [7, 11) is 0. The predicted octanol–water partition coefficient (Wildman–Crippen LogP) is -1.51. The Balaban J connectivity index is 0. The van der Waals surface area contributed by atoms with E-state index in [2.05, 4.69) is 18.0 Å². The summed E-state index contributed by atoms with van der Waals surface area (Å²) in [5.74, 6) is -2.98. The third-order valence-corrected chi connectivity index (χ3v) is 1.96. The zero-order valence-electron chi connectivity index (χ0n) is 9.03. The number of hydrogen-bond acceptors (Lipinski definition) is 5. The van der Waals surface area contributed by atoms with Gasteiger partial charge in [0, 0.05) is 0 Å². The predicted molar refractivity (Wildman–Crippen MR) is 68.1 cm³/mol. The number of carbonyl (C=O) groups excluding carboxylic acids is 4. The second kappa shape index (κ2) is 9.57. The highest BCUT2D eigenvalue weighted by molar-refractivity contribution is 7.80. The fourth-order valence-electron chi connectivity index (χ4n) is 0.269. The molecule has 0 saturated heterocycles. The highest BCUT2D eigenvalue weighted by Gasteiger charge is 2.15. The Bertz CT molecular complexity index is 362. The molecule has 11 heteroatoms. The Morgan fingerprint density at radius 3 is 1.61 bits per heavy atom. The van der Waals surface area contributed by atoms with E-state index in [1.165, 1.54) is 6.92 Å². The van der Waals surface area contributed by atoms with Crippen LogP contribution in [-0.2, 0) is 19.2 Å². The summed E-state index contributed by atoms with van der Waals surface area (Å²) in [6.07, 6.45) is 0. The molecule has 0 spiro atoms. The average Bonchev–Trinajstić information content (AvgIpc) is 2.24. The van der Waals surface area contributed by atoms with Gasteiger partial charge in [0.15, 0.2) is 5.11 Å². The maximum atomic E-state index is 10.3. The van der Waals surface area contributed by atoms with Crippen LogP contribution in [0, 0.1) is 5.92 Å². The van der Waals surface area contributed by atoms with Gasteiger partial charge in [-0.25, -0.2) is 0 Å². The minimum atomic E-state index is -1.11. The van der Waals surface area contributed by atoms with Gasteiger partial charge in [0.2, 0.25) is 10.5 Å². The molecule has 0 aliphatic heterocycles. The first kappa shape index (κ1) is 18.9. The topological polar surface area (TPSA) is 144 Å². The molecule has 0 heterocycles. The van der Waals surface area contributed by atoms with Crippen LogP contribution >= 0.6 is 35.4 Å². The fourth-order valence-corrected chi connectivity index (χ4v) is 0.574. The number of hydrazine groups is 1. The van der Waals surface area contributed by atoms with Crippen molar-refractivity contribution in [2.45, 2.75) is 6.92 Å². The lowest BCUT2D eigenvalue weighted by molar-refractivity contribution is -0.137. The van der Waals surface area contributed by atoms with Gasteiger partial charge in [-0.3, -0.25) is 30.0 Å². The van der Waals surface area contributed by atoms with E-state index in [4.69, 9.17) is 28.9 Å². The number of amides is 2. The monoisotopic (exact) mass is 316 g/mol. The molecule has 0 aromatic carbocycles. The Morgan fingerprint density at radius 1 is 1.06 bits per heavy atom. The SMILES string of the molecule is CC(C(=O)Cl)C(=O)Cl.NC(=O)C(=O)NNC(N)=S. The van der Waals surface area contributed by atoms with Gasteiger partial charge in [-0.2, -0.15) is 0 Å². The van der Waals surface area contributed by atoms with Crippen LogP contribution in [0.15, 0.2) is 0 Å². The molecule has 0 aliphatic carbocycles. The lowest BCUT2D eigenvalue weighted by atomic mass is 10.2. The van der Waals surface area contributed by atoms with Crippen LogP contribution in [0.25, 0.3) is 0 Å². The van der Waals surface area contributed by atoms with Crippen molar-refractivity contribution in [3.63, 3.8) is 0 Å². The lowest BCUT2D eigenvalue weighted by Gasteiger charge is -2.01. The number of rotatable bonds is 2. The van der Waals surface area contributed by atoms with E-state index < -0.39 is 28.2 Å². The van der Waals surface area contributed by atoms with Gasteiger partial charge in [-0.15, -0.1) is 0 Å². The highest BCUT2D eigenvalue weighted by atomic mass is 35.5. The van der Waals surface area contributed by atoms with Gasteiger partial charge in [-0.1, -0.05) is 0 Å². The minimum absolute atomic E-state index is 0.144. The summed E-state index contributed by atoms with van der Waals surface area (Å²) in [6.45, 7) is 1.35. The van der Waals surface area contributed by atoms with Gasteiger partial charge in [0.1, 0.15) is 5.92 Å². The van der Waals surface area contributed by atoms with E-state index in [0.717, 1.165) is 0 Å². The molecule has 6 N–H and O–H groups in total. The second-order valence-electron chi connectivity index (χ2n) is 2.64. The molecule has 18 heavy (non-hydrogen) atoms. The molecular formula is C7H10Cl2N4O4S. The summed E-state index contributed by atoms with van der Waals surface area (Å²) in [6, 6.07) is 0. The number of halogens is 2. The van der Waals surface area contributed by atoms with E-state index in [0.29, 0.717) is 0 Å². The molecule has 0 aromatic rings. The van der Waals surface area contributed by atoms with Crippen LogP contribution in [0.1, 0.15) is 6.92 Å². The van der Waals surface area contributed by atoms with Crippen LogP contribution in [0.5, 0.6) is 0 Å². The molecule has 8 nitrogen and oxygen atoms in total. The van der Waals surface area contributed by atoms with Crippen molar-refractivity contribution in [1.82, 2.24) is 10.9 Å². The van der Waals surface area contributed by atoms with Gasteiger partial charge in [0.05, 0.1) is 0 Å². The zero-order chi connectivity index (χ0) is 14.9. The number of hydrogen-bond donors (Lipinski definition) is 4. The molecule has 2 amide bonds. The highest BCUT2D eigenvalue weighted by Crippen LogP contribution is 2.03. The quantitative estimate of drug-likeness (QED) is 0.159. The number of nitrogens with one attached hydrogen (secondary N) is 2. The van der Waals surface area contributed by atoms with E-state index in [1.54, 1.807) is 0 Å². The van der Waals surface area contributed by atoms with Crippen molar-refractivity contribution in [1.29, 1.82) is 0 Å². The van der Waals surface area contributed by atoms with E-state index in [9.17, 15) is 19.2 Å². The maximum Gasteiger partial charge on any atom is 0.327 e. The second-order valence-corrected chi connectivity index (χ2v) is 3.82. The molecule has 0 atom stereocenters. The van der Waals surface area contributed by atoms with Crippen molar-refractivity contribution in [2.24, 2.45) is 17.4 Å². The Morgan fingerprint density at radius 2 is 1.44 bits per heavy atom. The Kier molecular flexibility index (Phi) is 10.0. The number of carbonyl (C=O) groups is 4. The first-order valence-corrected chi connectivity index (χ1v) is 5.29. The molecule has 0 aliphatic rings. The van der Waals surface area contributed by atoms with Crippen molar-refractivity contribution in [3.8, 4) is 0 Å². The van der Waals surface area contributed by atoms with E-state index >= 15 is 0 Å². The van der Waals surface area contributed by atoms with Crippen molar-refractivity contribution < 1.29 is 19.2 Å². The van der Waals surface area contributed by atoms with Crippen molar-refractivity contribution >= 4 is 62.8 Å². The van der Waals surface area contributed by atoms with Gasteiger partial charge in [-0.05, 0) is 42.3 Å². The van der Waals surface area contributed by atoms with Crippen molar-refractivity contribution in [2.75, 3.05) is 0 Å². The Labute approximate surface area is 117 Å². The fraction of sp³-hybridized carbons (Fsp3) is 0.286. The third kappa shape index (κ3) is 11.0. The molecule has 0 saturated carbocycles. The van der Waals surface area contributed by atoms with Gasteiger partial charge < -0.3 is 11.5 Å². The number of thiocarbonyl (C=S) groups is 1. The molecule has 0 aromatic heterocycles. The summed E-state index contributed by atoms with van der Waals surface area (Å²) >= 11 is 14.1. The molecule has 102 valence electrons. The first-order valence-electron chi connectivity index (χ1n) is 4.13. The van der Waals surface area contributed by atoms with E-state index in [-0.39, 0.29) is 5.11 Å². The normalized spacial score (nSPS) is 8.67.